The Bertz CT molecular complexity index is 287. The van der Waals surface area contributed by atoms with Crippen LogP contribution in [0.15, 0.2) is 0 Å². The van der Waals surface area contributed by atoms with E-state index in [1.54, 1.807) is 23.9 Å². The highest BCUT2D eigenvalue weighted by Gasteiger charge is 2.34. The molecule has 1 fully saturated rings. The maximum atomic E-state index is 12.0. The molecule has 0 unspecified atom stereocenters. The van der Waals surface area contributed by atoms with Crippen LogP contribution in [0.25, 0.3) is 0 Å². The maximum absolute atomic E-state index is 12.0. The number of hydrogen-bond acceptors (Lipinski definition) is 3. The summed E-state index contributed by atoms with van der Waals surface area (Å²) in [6, 6.07) is 0. The van der Waals surface area contributed by atoms with Crippen LogP contribution in [0.2, 0.25) is 0 Å². The van der Waals surface area contributed by atoms with Gasteiger partial charge in [-0.15, -0.1) is 0 Å². The van der Waals surface area contributed by atoms with Gasteiger partial charge in [0.1, 0.15) is 0 Å². The summed E-state index contributed by atoms with van der Waals surface area (Å²) in [7, 11) is 3.46. The summed E-state index contributed by atoms with van der Waals surface area (Å²) < 4.78 is 0. The Morgan fingerprint density at radius 2 is 2.12 bits per heavy atom. The Morgan fingerprint density at radius 3 is 2.69 bits per heavy atom. The second-order valence-corrected chi connectivity index (χ2v) is 4.88. The monoisotopic (exact) mass is 227 g/mol. The van der Waals surface area contributed by atoms with Crippen molar-refractivity contribution in [1.82, 2.24) is 15.1 Å². The van der Waals surface area contributed by atoms with Crippen LogP contribution in [0, 0.1) is 0 Å². The van der Waals surface area contributed by atoms with Crippen molar-refractivity contribution in [3.05, 3.63) is 0 Å². The van der Waals surface area contributed by atoms with E-state index in [0.29, 0.717) is 19.5 Å². The summed E-state index contributed by atoms with van der Waals surface area (Å²) >= 11 is 0. The number of piperazine rings is 1. The number of carbonyl (C=O) groups excluding carboxylic acids is 2. The van der Waals surface area contributed by atoms with E-state index in [4.69, 9.17) is 0 Å². The van der Waals surface area contributed by atoms with Crippen LogP contribution in [-0.2, 0) is 9.59 Å². The molecule has 1 saturated heterocycles. The summed E-state index contributed by atoms with van der Waals surface area (Å²) in [5, 5.41) is 3.16. The number of amides is 2. The van der Waals surface area contributed by atoms with Crippen LogP contribution in [-0.4, -0.2) is 60.9 Å². The Balaban J connectivity index is 2.49. The minimum Gasteiger partial charge on any atom is -0.349 e. The molecule has 0 aromatic carbocycles. The van der Waals surface area contributed by atoms with E-state index >= 15 is 0 Å². The molecule has 0 saturated carbocycles. The summed E-state index contributed by atoms with van der Waals surface area (Å²) in [6.07, 6.45) is 0.398. The van der Waals surface area contributed by atoms with Gasteiger partial charge in [0.15, 0.2) is 0 Å². The standard InChI is InChI=1S/C11H21N3O2/c1-11(2)10(16)14(8-6-12-11)7-5-9(15)13(3)4/h12H,5-8H2,1-4H3. The first-order valence-electron chi connectivity index (χ1n) is 5.59. The number of rotatable bonds is 3. The van der Waals surface area contributed by atoms with Crippen LogP contribution in [0.5, 0.6) is 0 Å². The van der Waals surface area contributed by atoms with Crippen molar-refractivity contribution in [3.8, 4) is 0 Å². The molecule has 0 radical (unpaired) electrons. The van der Waals surface area contributed by atoms with Crippen LogP contribution < -0.4 is 5.32 Å². The molecule has 1 rings (SSSR count). The van der Waals surface area contributed by atoms with Crippen LogP contribution in [0.1, 0.15) is 20.3 Å². The molecule has 0 aliphatic carbocycles. The SMILES string of the molecule is CN(C)C(=O)CCN1CCNC(C)(C)C1=O. The van der Waals surface area contributed by atoms with Gasteiger partial charge in [0.05, 0.1) is 5.54 Å². The first kappa shape index (κ1) is 13.0. The molecule has 0 aromatic rings. The molecule has 1 aliphatic rings. The molecule has 92 valence electrons. The fourth-order valence-corrected chi connectivity index (χ4v) is 1.74. The summed E-state index contributed by atoms with van der Waals surface area (Å²) in [4.78, 5) is 26.7. The van der Waals surface area contributed by atoms with Gasteiger partial charge >= 0.3 is 0 Å². The van der Waals surface area contributed by atoms with Crippen LogP contribution in [0.4, 0.5) is 0 Å². The van der Waals surface area contributed by atoms with E-state index in [0.717, 1.165) is 6.54 Å². The molecule has 1 aliphatic heterocycles. The lowest BCUT2D eigenvalue weighted by Crippen LogP contribution is -2.61. The number of carbonyl (C=O) groups is 2. The van der Waals surface area contributed by atoms with E-state index in [2.05, 4.69) is 5.32 Å². The molecule has 1 heterocycles. The summed E-state index contributed by atoms with van der Waals surface area (Å²) in [5.41, 5.74) is -0.501. The van der Waals surface area contributed by atoms with Gasteiger partial charge in [-0.05, 0) is 13.8 Å². The zero-order valence-electron chi connectivity index (χ0n) is 10.5. The molecule has 0 aromatic heterocycles. The Kier molecular flexibility index (Phi) is 3.91. The lowest BCUT2D eigenvalue weighted by atomic mass is 10.0. The summed E-state index contributed by atoms with van der Waals surface area (Å²) in [6.45, 7) is 5.73. The van der Waals surface area contributed by atoms with Crippen molar-refractivity contribution in [2.75, 3.05) is 33.7 Å². The van der Waals surface area contributed by atoms with Crippen LogP contribution >= 0.6 is 0 Å². The average Bonchev–Trinajstić information content (AvgIpc) is 2.19. The van der Waals surface area contributed by atoms with Crippen LogP contribution in [0.3, 0.4) is 0 Å². The largest absolute Gasteiger partial charge is 0.349 e. The van der Waals surface area contributed by atoms with E-state index in [-0.39, 0.29) is 11.8 Å². The first-order valence-corrected chi connectivity index (χ1v) is 5.59. The average molecular weight is 227 g/mol. The second kappa shape index (κ2) is 4.82. The Morgan fingerprint density at radius 1 is 1.50 bits per heavy atom. The lowest BCUT2D eigenvalue weighted by molar-refractivity contribution is -0.140. The van der Waals surface area contributed by atoms with Gasteiger partial charge in [-0.2, -0.15) is 0 Å². The van der Waals surface area contributed by atoms with Gasteiger partial charge in [0.2, 0.25) is 11.8 Å². The van der Waals surface area contributed by atoms with Gasteiger partial charge in [0.25, 0.3) is 0 Å². The van der Waals surface area contributed by atoms with Crippen molar-refractivity contribution in [3.63, 3.8) is 0 Å². The van der Waals surface area contributed by atoms with E-state index in [9.17, 15) is 9.59 Å². The number of nitrogens with zero attached hydrogens (tertiary/aromatic N) is 2. The Labute approximate surface area is 96.8 Å². The minimum absolute atomic E-state index is 0.0594. The third kappa shape index (κ3) is 2.95. The zero-order chi connectivity index (χ0) is 12.3. The molecule has 0 spiro atoms. The quantitative estimate of drug-likeness (QED) is 0.718. The molecule has 0 bridgehead atoms. The smallest absolute Gasteiger partial charge is 0.242 e. The third-order valence-electron chi connectivity index (χ3n) is 2.86. The van der Waals surface area contributed by atoms with E-state index in [1.165, 1.54) is 0 Å². The highest BCUT2D eigenvalue weighted by Crippen LogP contribution is 2.12. The highest BCUT2D eigenvalue weighted by atomic mass is 16.2. The first-order chi connectivity index (χ1) is 7.34. The molecule has 0 atom stereocenters. The number of nitrogens with one attached hydrogen (secondary N) is 1. The topological polar surface area (TPSA) is 52.7 Å². The van der Waals surface area contributed by atoms with Gasteiger partial charge in [-0.1, -0.05) is 0 Å². The fourth-order valence-electron chi connectivity index (χ4n) is 1.74. The van der Waals surface area contributed by atoms with Gasteiger partial charge in [0, 0.05) is 40.2 Å². The van der Waals surface area contributed by atoms with E-state index in [1.807, 2.05) is 13.8 Å². The molecular formula is C11H21N3O2. The number of hydrogen-bond donors (Lipinski definition) is 1. The minimum atomic E-state index is -0.501. The second-order valence-electron chi connectivity index (χ2n) is 4.88. The third-order valence-corrected chi connectivity index (χ3v) is 2.86. The lowest BCUT2D eigenvalue weighted by Gasteiger charge is -2.38. The molecule has 5 nitrogen and oxygen atoms in total. The van der Waals surface area contributed by atoms with E-state index < -0.39 is 5.54 Å². The molecule has 1 N–H and O–H groups in total. The maximum Gasteiger partial charge on any atom is 0.242 e. The van der Waals surface area contributed by atoms with Crippen molar-refractivity contribution in [2.45, 2.75) is 25.8 Å². The molecular weight excluding hydrogens is 206 g/mol. The zero-order valence-corrected chi connectivity index (χ0v) is 10.5. The van der Waals surface area contributed by atoms with Gasteiger partial charge in [-0.25, -0.2) is 0 Å². The summed E-state index contributed by atoms with van der Waals surface area (Å²) in [5.74, 6) is 0.134. The molecule has 2 amide bonds. The van der Waals surface area contributed by atoms with Crippen molar-refractivity contribution in [1.29, 1.82) is 0 Å². The van der Waals surface area contributed by atoms with Crippen molar-refractivity contribution < 1.29 is 9.59 Å². The predicted molar refractivity (Wildman–Crippen MR) is 62.0 cm³/mol. The molecule has 5 heteroatoms. The van der Waals surface area contributed by atoms with Gasteiger partial charge < -0.3 is 15.1 Å². The van der Waals surface area contributed by atoms with Crippen molar-refractivity contribution in [2.24, 2.45) is 0 Å². The fraction of sp³-hybridized carbons (Fsp3) is 0.818. The molecule has 16 heavy (non-hydrogen) atoms. The Hall–Kier alpha value is -1.10. The predicted octanol–water partition coefficient (Wildman–Crippen LogP) is -0.325. The van der Waals surface area contributed by atoms with Crippen molar-refractivity contribution >= 4 is 11.8 Å². The normalized spacial score (nSPS) is 19.8. The highest BCUT2D eigenvalue weighted by molar-refractivity contribution is 5.86. The van der Waals surface area contributed by atoms with Gasteiger partial charge in [-0.3, -0.25) is 9.59 Å².